The van der Waals surface area contributed by atoms with E-state index >= 15 is 0 Å². The van der Waals surface area contributed by atoms with E-state index in [1.807, 2.05) is 61.6 Å². The maximum Gasteiger partial charge on any atom is 0.243 e. The van der Waals surface area contributed by atoms with Gasteiger partial charge in [0.25, 0.3) is 0 Å². The predicted octanol–water partition coefficient (Wildman–Crippen LogP) is 4.96. The Morgan fingerprint density at radius 1 is 0.891 bits per heavy atom. The first kappa shape index (κ1) is 36.3. The molecule has 0 fully saturated rings. The van der Waals surface area contributed by atoms with Crippen LogP contribution >= 0.6 is 0 Å². The normalized spacial score (nSPS) is 18.6. The zero-order valence-electron chi connectivity index (χ0n) is 27.6. The van der Waals surface area contributed by atoms with E-state index in [4.69, 9.17) is 0 Å². The molecule has 1 aliphatic heterocycles. The van der Waals surface area contributed by atoms with E-state index < -0.39 is 18.1 Å². The first-order valence-corrected chi connectivity index (χ1v) is 17.0. The molecule has 46 heavy (non-hydrogen) atoms. The van der Waals surface area contributed by atoms with E-state index in [9.17, 15) is 19.2 Å². The molecule has 0 saturated carbocycles. The van der Waals surface area contributed by atoms with Crippen LogP contribution in [0, 0.1) is 0 Å². The molecule has 9 nitrogen and oxygen atoms in total. The van der Waals surface area contributed by atoms with Crippen molar-refractivity contribution in [2.24, 2.45) is 0 Å². The minimum atomic E-state index is -0.811. The van der Waals surface area contributed by atoms with Crippen LogP contribution in [-0.2, 0) is 32.0 Å². The molecular weight excluding hydrogens is 578 g/mol. The third kappa shape index (κ3) is 13.9. The van der Waals surface area contributed by atoms with Gasteiger partial charge in [0.15, 0.2) is 0 Å². The van der Waals surface area contributed by atoms with E-state index in [1.54, 1.807) is 6.08 Å². The van der Waals surface area contributed by atoms with E-state index in [0.29, 0.717) is 45.1 Å². The molecule has 0 bridgehead atoms. The molecule has 250 valence electrons. The Hall–Kier alpha value is -4.14. The van der Waals surface area contributed by atoms with Gasteiger partial charge in [0.05, 0.1) is 6.04 Å². The number of hydrogen-bond acceptors (Lipinski definition) is 5. The molecule has 9 heteroatoms. The largest absolute Gasteiger partial charge is 0.388 e. The number of rotatable bonds is 16. The Morgan fingerprint density at radius 2 is 1.61 bits per heavy atom. The molecule has 1 aliphatic rings. The number of unbranched alkanes of at least 4 members (excludes halogenated alkanes) is 6. The minimum absolute atomic E-state index is 0.155. The average Bonchev–Trinajstić information content (AvgIpc) is 3.06. The summed E-state index contributed by atoms with van der Waals surface area (Å²) in [5.74, 6) is -1.06. The summed E-state index contributed by atoms with van der Waals surface area (Å²) in [5.41, 5.74) is 2.89. The Morgan fingerprint density at radius 3 is 2.33 bits per heavy atom. The fraction of sp³-hybridized carbons (Fsp3) is 0.514. The van der Waals surface area contributed by atoms with Gasteiger partial charge in [0.1, 0.15) is 12.1 Å². The van der Waals surface area contributed by atoms with Gasteiger partial charge in [-0.05, 0) is 55.4 Å². The van der Waals surface area contributed by atoms with Crippen LogP contribution < -0.4 is 26.6 Å². The fourth-order valence-electron chi connectivity index (χ4n) is 5.57. The summed E-state index contributed by atoms with van der Waals surface area (Å²) < 4.78 is 0. The van der Waals surface area contributed by atoms with Gasteiger partial charge in [0, 0.05) is 38.2 Å². The second-order valence-corrected chi connectivity index (χ2v) is 12.2. The minimum Gasteiger partial charge on any atom is -0.388 e. The molecule has 2 aromatic carbocycles. The Kier molecular flexibility index (Phi) is 16.4. The first-order valence-electron chi connectivity index (χ1n) is 17.0. The number of amides is 4. The number of carbonyl (C=O) groups is 4. The molecule has 5 N–H and O–H groups in total. The van der Waals surface area contributed by atoms with E-state index in [1.165, 1.54) is 31.8 Å². The van der Waals surface area contributed by atoms with Crippen LogP contribution in [0.5, 0.6) is 0 Å². The Bertz CT molecular complexity index is 1250. The second kappa shape index (κ2) is 20.8. The summed E-state index contributed by atoms with van der Waals surface area (Å²) in [6.45, 7) is 2.68. The van der Waals surface area contributed by atoms with Crippen LogP contribution in [0.1, 0.15) is 88.7 Å². The SMILES string of the molecule is CCCCCCCCCC(=O)N[C@@H](Cc1ccccc1)C(=O)N[C@H]1CCCCNC(=O)/C=C/[C@H](Cc2ccc(NC)cc2)NC1=O. The van der Waals surface area contributed by atoms with Gasteiger partial charge in [-0.15, -0.1) is 0 Å². The number of benzene rings is 2. The molecule has 0 radical (unpaired) electrons. The number of hydrogen-bond donors (Lipinski definition) is 5. The van der Waals surface area contributed by atoms with Crippen LogP contribution in [0.2, 0.25) is 0 Å². The predicted molar refractivity (Wildman–Crippen MR) is 184 cm³/mol. The van der Waals surface area contributed by atoms with Crippen LogP contribution in [0.4, 0.5) is 5.69 Å². The summed E-state index contributed by atoms with van der Waals surface area (Å²) in [6, 6.07) is 15.4. The number of nitrogens with one attached hydrogen (secondary N) is 5. The van der Waals surface area contributed by atoms with Gasteiger partial charge in [-0.3, -0.25) is 19.2 Å². The average molecular weight is 632 g/mol. The van der Waals surface area contributed by atoms with Crippen molar-refractivity contribution in [1.29, 1.82) is 0 Å². The molecule has 3 atom stereocenters. The molecule has 4 amide bonds. The Balaban J connectivity index is 1.69. The van der Waals surface area contributed by atoms with Crippen LogP contribution in [0.15, 0.2) is 66.7 Å². The molecule has 0 spiro atoms. The van der Waals surface area contributed by atoms with Gasteiger partial charge < -0.3 is 26.6 Å². The molecule has 0 aliphatic carbocycles. The highest BCUT2D eigenvalue weighted by Gasteiger charge is 2.28. The maximum atomic E-state index is 13.7. The molecule has 1 heterocycles. The van der Waals surface area contributed by atoms with Crippen molar-refractivity contribution in [2.45, 2.75) is 109 Å². The zero-order valence-corrected chi connectivity index (χ0v) is 27.6. The van der Waals surface area contributed by atoms with Crippen molar-refractivity contribution >= 4 is 29.3 Å². The first-order chi connectivity index (χ1) is 22.4. The standard InChI is InChI=1S/C37H53N5O4/c1-3-4-5-6-7-8-12-18-35(44)41-33(27-28-15-10-9-11-16-28)37(46)42-32-17-13-14-25-39-34(43)24-23-31(40-36(32)45)26-29-19-21-30(38-2)22-20-29/h9-11,15-16,19-24,31-33,38H,3-8,12-14,17-18,25-27H2,1-2H3,(H,39,43)(H,40,45)(H,41,44)(H,42,46)/b24-23+/t31-,32+,33+/m1/s1. The summed E-state index contributed by atoms with van der Waals surface area (Å²) in [4.78, 5) is 52.7. The van der Waals surface area contributed by atoms with Crippen molar-refractivity contribution in [2.75, 3.05) is 18.9 Å². The maximum absolute atomic E-state index is 13.7. The Labute approximate surface area is 274 Å². The molecule has 3 rings (SSSR count). The lowest BCUT2D eigenvalue weighted by Crippen LogP contribution is -2.55. The van der Waals surface area contributed by atoms with Crippen LogP contribution in [-0.4, -0.2) is 55.3 Å². The van der Waals surface area contributed by atoms with Crippen LogP contribution in [0.25, 0.3) is 0 Å². The highest BCUT2D eigenvalue weighted by atomic mass is 16.2. The topological polar surface area (TPSA) is 128 Å². The lowest BCUT2D eigenvalue weighted by Gasteiger charge is -2.25. The van der Waals surface area contributed by atoms with Gasteiger partial charge in [0.2, 0.25) is 23.6 Å². The summed E-state index contributed by atoms with van der Waals surface area (Å²) >= 11 is 0. The van der Waals surface area contributed by atoms with Crippen molar-refractivity contribution in [3.63, 3.8) is 0 Å². The lowest BCUT2D eigenvalue weighted by atomic mass is 10.0. The van der Waals surface area contributed by atoms with Gasteiger partial charge >= 0.3 is 0 Å². The third-order valence-corrected chi connectivity index (χ3v) is 8.30. The van der Waals surface area contributed by atoms with Crippen molar-refractivity contribution in [3.05, 3.63) is 77.9 Å². The van der Waals surface area contributed by atoms with Crippen molar-refractivity contribution in [1.82, 2.24) is 21.3 Å². The number of anilines is 1. The molecule has 0 aromatic heterocycles. The second-order valence-electron chi connectivity index (χ2n) is 12.2. The van der Waals surface area contributed by atoms with E-state index in [-0.39, 0.29) is 23.6 Å². The molecule has 0 unspecified atom stereocenters. The fourth-order valence-corrected chi connectivity index (χ4v) is 5.57. The quantitative estimate of drug-likeness (QED) is 0.167. The number of carbonyl (C=O) groups excluding carboxylic acids is 4. The smallest absolute Gasteiger partial charge is 0.243 e. The third-order valence-electron chi connectivity index (χ3n) is 8.30. The van der Waals surface area contributed by atoms with Crippen LogP contribution in [0.3, 0.4) is 0 Å². The van der Waals surface area contributed by atoms with E-state index in [0.717, 1.165) is 36.1 Å². The van der Waals surface area contributed by atoms with Gasteiger partial charge in [-0.2, -0.15) is 0 Å². The molecule has 0 saturated heterocycles. The highest BCUT2D eigenvalue weighted by Crippen LogP contribution is 2.13. The van der Waals surface area contributed by atoms with Gasteiger partial charge in [-0.25, -0.2) is 0 Å². The van der Waals surface area contributed by atoms with E-state index in [2.05, 4.69) is 33.5 Å². The van der Waals surface area contributed by atoms with Crippen molar-refractivity contribution in [3.8, 4) is 0 Å². The summed E-state index contributed by atoms with van der Waals surface area (Å²) in [7, 11) is 1.85. The monoisotopic (exact) mass is 631 g/mol. The van der Waals surface area contributed by atoms with Gasteiger partial charge in [-0.1, -0.05) is 94.0 Å². The molecular formula is C37H53N5O4. The zero-order chi connectivity index (χ0) is 33.0. The highest BCUT2D eigenvalue weighted by molar-refractivity contribution is 5.92. The van der Waals surface area contributed by atoms with Crippen molar-refractivity contribution < 1.29 is 19.2 Å². The molecule has 2 aromatic rings. The summed E-state index contributed by atoms with van der Waals surface area (Å²) in [6.07, 6.45) is 13.8. The summed E-state index contributed by atoms with van der Waals surface area (Å²) in [5, 5.41) is 15.0. The lowest BCUT2D eigenvalue weighted by molar-refractivity contribution is -0.132.